The topological polar surface area (TPSA) is 46.2 Å². The van der Waals surface area contributed by atoms with Crippen molar-refractivity contribution in [1.29, 1.82) is 0 Å². The van der Waals surface area contributed by atoms with Gasteiger partial charge in [0, 0.05) is 4.47 Å². The molecule has 0 saturated carbocycles. The Balaban J connectivity index is 3.10. The third-order valence-corrected chi connectivity index (χ3v) is 3.13. The van der Waals surface area contributed by atoms with E-state index in [9.17, 15) is 8.42 Å². The fourth-order valence-corrected chi connectivity index (χ4v) is 1.95. The Morgan fingerprint density at radius 2 is 2.08 bits per heavy atom. The molecule has 0 aliphatic carbocycles. The van der Waals surface area contributed by atoms with E-state index in [2.05, 4.69) is 20.7 Å². The first kappa shape index (κ1) is 10.8. The molecule has 1 N–H and O–H groups in total. The number of hydrogen-bond donors (Lipinski definition) is 1. The SMILES string of the molecule is CS(=O)(=O)Nc1cccc(Br)c1Cl. The van der Waals surface area contributed by atoms with Gasteiger partial charge in [-0.2, -0.15) is 0 Å². The van der Waals surface area contributed by atoms with E-state index < -0.39 is 10.0 Å². The molecule has 0 radical (unpaired) electrons. The summed E-state index contributed by atoms with van der Waals surface area (Å²) < 4.78 is 24.7. The summed E-state index contributed by atoms with van der Waals surface area (Å²) in [4.78, 5) is 0. The highest BCUT2D eigenvalue weighted by molar-refractivity contribution is 9.10. The van der Waals surface area contributed by atoms with Gasteiger partial charge >= 0.3 is 0 Å². The maximum Gasteiger partial charge on any atom is 0.229 e. The Bertz CT molecular complexity index is 419. The van der Waals surface area contributed by atoms with Crippen molar-refractivity contribution in [3.8, 4) is 0 Å². The second-order valence-electron chi connectivity index (χ2n) is 2.48. The van der Waals surface area contributed by atoms with Crippen LogP contribution in [-0.4, -0.2) is 14.7 Å². The Morgan fingerprint density at radius 3 is 2.62 bits per heavy atom. The van der Waals surface area contributed by atoms with Crippen molar-refractivity contribution in [3.63, 3.8) is 0 Å². The van der Waals surface area contributed by atoms with Gasteiger partial charge in [-0.15, -0.1) is 0 Å². The smallest absolute Gasteiger partial charge is 0.229 e. The zero-order valence-electron chi connectivity index (χ0n) is 6.71. The van der Waals surface area contributed by atoms with E-state index in [0.717, 1.165) is 6.26 Å². The molecular formula is C7H7BrClNO2S. The molecule has 0 fully saturated rings. The van der Waals surface area contributed by atoms with Gasteiger partial charge in [-0.3, -0.25) is 4.72 Å². The van der Waals surface area contributed by atoms with Crippen LogP contribution in [0.15, 0.2) is 22.7 Å². The molecule has 0 spiro atoms. The average Bonchev–Trinajstić information content (AvgIpc) is 1.96. The summed E-state index contributed by atoms with van der Waals surface area (Å²) in [5.74, 6) is 0. The lowest BCUT2D eigenvalue weighted by molar-refractivity contribution is 0.607. The molecule has 0 aromatic heterocycles. The molecule has 72 valence electrons. The van der Waals surface area contributed by atoms with E-state index in [1.807, 2.05) is 0 Å². The van der Waals surface area contributed by atoms with E-state index >= 15 is 0 Å². The molecule has 0 bridgehead atoms. The Hall–Kier alpha value is -0.260. The Morgan fingerprint density at radius 1 is 1.46 bits per heavy atom. The maximum absolute atomic E-state index is 10.9. The molecule has 6 heteroatoms. The molecule has 0 heterocycles. The predicted octanol–water partition coefficient (Wildman–Crippen LogP) is 2.47. The van der Waals surface area contributed by atoms with Gasteiger partial charge in [0.2, 0.25) is 10.0 Å². The summed E-state index contributed by atoms with van der Waals surface area (Å²) in [7, 11) is -3.27. The van der Waals surface area contributed by atoms with E-state index in [1.54, 1.807) is 18.2 Å². The van der Waals surface area contributed by atoms with Gasteiger partial charge in [0.25, 0.3) is 0 Å². The fourth-order valence-electron chi connectivity index (χ4n) is 0.782. The first-order chi connectivity index (χ1) is 5.90. The second kappa shape index (κ2) is 3.86. The van der Waals surface area contributed by atoms with Gasteiger partial charge < -0.3 is 0 Å². The Kier molecular flexibility index (Phi) is 3.21. The van der Waals surface area contributed by atoms with Crippen LogP contribution >= 0.6 is 27.5 Å². The van der Waals surface area contributed by atoms with Crippen LogP contribution in [0.5, 0.6) is 0 Å². The number of hydrogen-bond acceptors (Lipinski definition) is 2. The lowest BCUT2D eigenvalue weighted by Crippen LogP contribution is -2.09. The van der Waals surface area contributed by atoms with Gasteiger partial charge in [-0.25, -0.2) is 8.42 Å². The van der Waals surface area contributed by atoms with Crippen LogP contribution in [0.4, 0.5) is 5.69 Å². The van der Waals surface area contributed by atoms with E-state index in [0.29, 0.717) is 15.2 Å². The van der Waals surface area contributed by atoms with Gasteiger partial charge in [0.15, 0.2) is 0 Å². The highest BCUT2D eigenvalue weighted by atomic mass is 79.9. The van der Waals surface area contributed by atoms with Crippen LogP contribution in [0.1, 0.15) is 0 Å². The minimum Gasteiger partial charge on any atom is -0.282 e. The van der Waals surface area contributed by atoms with Crippen LogP contribution in [0, 0.1) is 0 Å². The number of benzene rings is 1. The maximum atomic E-state index is 10.9. The molecule has 0 amide bonds. The molecule has 13 heavy (non-hydrogen) atoms. The number of anilines is 1. The molecule has 0 unspecified atom stereocenters. The zero-order chi connectivity index (χ0) is 10.1. The lowest BCUT2D eigenvalue weighted by atomic mass is 10.3. The number of sulfonamides is 1. The highest BCUT2D eigenvalue weighted by Crippen LogP contribution is 2.30. The van der Waals surface area contributed by atoms with Crippen molar-refractivity contribution in [2.24, 2.45) is 0 Å². The van der Waals surface area contributed by atoms with Gasteiger partial charge in [0.05, 0.1) is 17.0 Å². The summed E-state index contributed by atoms with van der Waals surface area (Å²) in [6.45, 7) is 0. The van der Waals surface area contributed by atoms with Crippen LogP contribution in [0.2, 0.25) is 5.02 Å². The summed E-state index contributed by atoms with van der Waals surface area (Å²) in [5, 5.41) is 0.355. The van der Waals surface area contributed by atoms with Crippen LogP contribution in [0.3, 0.4) is 0 Å². The molecule has 0 aliphatic heterocycles. The van der Waals surface area contributed by atoms with Gasteiger partial charge in [-0.05, 0) is 28.1 Å². The predicted molar refractivity (Wildman–Crippen MR) is 57.6 cm³/mol. The van der Waals surface area contributed by atoms with Crippen molar-refractivity contribution in [2.75, 3.05) is 11.0 Å². The minimum atomic E-state index is -3.27. The van der Waals surface area contributed by atoms with E-state index in [-0.39, 0.29) is 0 Å². The van der Waals surface area contributed by atoms with Crippen molar-refractivity contribution >= 4 is 43.2 Å². The van der Waals surface area contributed by atoms with Crippen molar-refractivity contribution in [1.82, 2.24) is 0 Å². The molecule has 0 saturated heterocycles. The third kappa shape index (κ3) is 3.17. The summed E-state index contributed by atoms with van der Waals surface area (Å²) in [6, 6.07) is 5.02. The summed E-state index contributed by atoms with van der Waals surface area (Å²) in [5.41, 5.74) is 0.374. The second-order valence-corrected chi connectivity index (χ2v) is 5.46. The molecule has 1 aromatic rings. The normalized spacial score (nSPS) is 11.3. The van der Waals surface area contributed by atoms with Crippen molar-refractivity contribution in [2.45, 2.75) is 0 Å². The number of rotatable bonds is 2. The summed E-state index contributed by atoms with van der Waals surface area (Å²) in [6.07, 6.45) is 1.07. The fraction of sp³-hybridized carbons (Fsp3) is 0.143. The molecular weight excluding hydrogens is 278 g/mol. The van der Waals surface area contributed by atoms with Crippen LogP contribution < -0.4 is 4.72 Å². The zero-order valence-corrected chi connectivity index (χ0v) is 9.87. The van der Waals surface area contributed by atoms with Crippen molar-refractivity contribution in [3.05, 3.63) is 27.7 Å². The lowest BCUT2D eigenvalue weighted by Gasteiger charge is -2.06. The van der Waals surface area contributed by atoms with Crippen LogP contribution in [-0.2, 0) is 10.0 Å². The molecule has 0 atom stereocenters. The van der Waals surface area contributed by atoms with Gasteiger partial charge in [0.1, 0.15) is 0 Å². The molecule has 0 aliphatic rings. The van der Waals surface area contributed by atoms with Crippen LogP contribution in [0.25, 0.3) is 0 Å². The first-order valence-electron chi connectivity index (χ1n) is 3.32. The summed E-state index contributed by atoms with van der Waals surface area (Å²) >= 11 is 9.01. The number of nitrogens with one attached hydrogen (secondary N) is 1. The minimum absolute atomic E-state index is 0.355. The molecule has 1 rings (SSSR count). The third-order valence-electron chi connectivity index (χ3n) is 1.25. The van der Waals surface area contributed by atoms with Gasteiger partial charge in [-0.1, -0.05) is 17.7 Å². The Labute approximate surface area is 90.3 Å². The first-order valence-corrected chi connectivity index (χ1v) is 6.38. The van der Waals surface area contributed by atoms with E-state index in [1.165, 1.54) is 0 Å². The van der Waals surface area contributed by atoms with Crippen molar-refractivity contribution < 1.29 is 8.42 Å². The standard InChI is InChI=1S/C7H7BrClNO2S/c1-13(11,12)10-6-4-2-3-5(8)7(6)9/h2-4,10H,1H3. The molecule has 1 aromatic carbocycles. The largest absolute Gasteiger partial charge is 0.282 e. The monoisotopic (exact) mass is 283 g/mol. The number of halogens is 2. The highest BCUT2D eigenvalue weighted by Gasteiger charge is 2.07. The van der Waals surface area contributed by atoms with E-state index in [4.69, 9.17) is 11.6 Å². The molecule has 3 nitrogen and oxygen atoms in total. The average molecular weight is 285 g/mol. The quantitative estimate of drug-likeness (QED) is 0.907.